The first-order chi connectivity index (χ1) is 8.68. The van der Waals surface area contributed by atoms with E-state index in [-0.39, 0.29) is 16.9 Å². The minimum absolute atomic E-state index is 0.0229. The van der Waals surface area contributed by atoms with Crippen molar-refractivity contribution in [2.24, 2.45) is 0 Å². The Bertz CT molecular complexity index is 584. The first kappa shape index (κ1) is 11.7. The summed E-state index contributed by atoms with van der Waals surface area (Å²) in [5.41, 5.74) is 0.369. The van der Waals surface area contributed by atoms with Crippen LogP contribution >= 0.6 is 0 Å². The van der Waals surface area contributed by atoms with E-state index >= 15 is 0 Å². The summed E-state index contributed by atoms with van der Waals surface area (Å²) < 4.78 is 0. The zero-order valence-corrected chi connectivity index (χ0v) is 9.20. The van der Waals surface area contributed by atoms with Gasteiger partial charge in [-0.2, -0.15) is 0 Å². The lowest BCUT2D eigenvalue weighted by Gasteiger charge is -2.07. The number of aromatic carboxylic acids is 1. The lowest BCUT2D eigenvalue weighted by Crippen LogP contribution is -2.16. The van der Waals surface area contributed by atoms with Gasteiger partial charge in [0, 0.05) is 12.4 Å². The number of benzene rings is 1. The average molecular weight is 243 g/mol. The fourth-order valence-corrected chi connectivity index (χ4v) is 1.38. The van der Waals surface area contributed by atoms with Gasteiger partial charge in [0.15, 0.2) is 0 Å². The number of rotatable bonds is 3. The molecule has 0 aliphatic rings. The molecule has 0 unspecified atom stereocenters. The molecule has 1 amide bonds. The Hall–Kier alpha value is -2.76. The molecule has 1 aromatic heterocycles. The van der Waals surface area contributed by atoms with Gasteiger partial charge in [-0.3, -0.25) is 9.78 Å². The molecule has 18 heavy (non-hydrogen) atoms. The zero-order valence-electron chi connectivity index (χ0n) is 9.20. The predicted octanol–water partition coefficient (Wildman–Crippen LogP) is 1.43. The molecule has 6 heteroatoms. The van der Waals surface area contributed by atoms with Crippen LogP contribution < -0.4 is 5.32 Å². The van der Waals surface area contributed by atoms with Gasteiger partial charge in [-0.25, -0.2) is 9.78 Å². The Morgan fingerprint density at radius 1 is 1.17 bits per heavy atom. The second-order valence-electron chi connectivity index (χ2n) is 3.40. The van der Waals surface area contributed by atoms with Gasteiger partial charge in [0.25, 0.3) is 5.91 Å². The Labute approximate surface area is 102 Å². The Kier molecular flexibility index (Phi) is 3.29. The Morgan fingerprint density at radius 2 is 1.94 bits per heavy atom. The largest absolute Gasteiger partial charge is 0.478 e. The Balaban J connectivity index is 2.25. The molecular formula is C12H9N3O3. The summed E-state index contributed by atoms with van der Waals surface area (Å²) in [4.78, 5) is 30.3. The summed E-state index contributed by atoms with van der Waals surface area (Å²) >= 11 is 0. The van der Waals surface area contributed by atoms with Gasteiger partial charge in [-0.05, 0) is 12.1 Å². The molecule has 0 bridgehead atoms. The Morgan fingerprint density at radius 3 is 2.61 bits per heavy atom. The number of carboxylic acid groups (broad SMARTS) is 1. The number of carbonyl (C=O) groups is 2. The summed E-state index contributed by atoms with van der Waals surface area (Å²) in [6.45, 7) is 0. The molecule has 0 aliphatic carbocycles. The van der Waals surface area contributed by atoms with Crippen molar-refractivity contribution in [3.63, 3.8) is 0 Å². The van der Waals surface area contributed by atoms with Gasteiger partial charge < -0.3 is 10.4 Å². The van der Waals surface area contributed by atoms with E-state index in [0.29, 0.717) is 0 Å². The lowest BCUT2D eigenvalue weighted by atomic mass is 10.2. The summed E-state index contributed by atoms with van der Waals surface area (Å²) in [5, 5.41) is 11.5. The van der Waals surface area contributed by atoms with E-state index < -0.39 is 11.9 Å². The highest BCUT2D eigenvalue weighted by Crippen LogP contribution is 2.15. The molecule has 1 aromatic carbocycles. The zero-order chi connectivity index (χ0) is 13.0. The van der Waals surface area contributed by atoms with E-state index in [1.807, 2.05) is 0 Å². The van der Waals surface area contributed by atoms with Crippen LogP contribution in [0, 0.1) is 0 Å². The average Bonchev–Trinajstić information content (AvgIpc) is 2.40. The minimum Gasteiger partial charge on any atom is -0.478 e. The SMILES string of the molecule is O=C(Nc1ccccc1C(=O)O)c1cnccn1. The van der Waals surface area contributed by atoms with E-state index in [2.05, 4.69) is 15.3 Å². The lowest BCUT2D eigenvalue weighted by molar-refractivity contribution is 0.0698. The van der Waals surface area contributed by atoms with E-state index in [4.69, 9.17) is 5.11 Å². The highest BCUT2D eigenvalue weighted by molar-refractivity contribution is 6.06. The standard InChI is InChI=1S/C12H9N3O3/c16-11(10-7-13-5-6-14-10)15-9-4-2-1-3-8(9)12(17)18/h1-7H,(H,15,16)(H,17,18). The first-order valence-electron chi connectivity index (χ1n) is 5.08. The maximum Gasteiger partial charge on any atom is 0.337 e. The van der Waals surface area contributed by atoms with Gasteiger partial charge in [0.1, 0.15) is 5.69 Å². The third-order valence-electron chi connectivity index (χ3n) is 2.20. The van der Waals surface area contributed by atoms with Crippen LogP contribution in [0.2, 0.25) is 0 Å². The molecule has 6 nitrogen and oxygen atoms in total. The van der Waals surface area contributed by atoms with Crippen LogP contribution in [0.25, 0.3) is 0 Å². The van der Waals surface area contributed by atoms with Gasteiger partial charge in [-0.1, -0.05) is 12.1 Å². The number of amides is 1. The van der Waals surface area contributed by atoms with E-state index in [1.165, 1.54) is 30.7 Å². The number of anilines is 1. The molecule has 2 aromatic rings. The van der Waals surface area contributed by atoms with Crippen LogP contribution in [0.4, 0.5) is 5.69 Å². The van der Waals surface area contributed by atoms with Gasteiger partial charge >= 0.3 is 5.97 Å². The third-order valence-corrected chi connectivity index (χ3v) is 2.20. The summed E-state index contributed by atoms with van der Waals surface area (Å²) in [6.07, 6.45) is 4.14. The molecule has 0 saturated heterocycles. The molecule has 0 spiro atoms. The van der Waals surface area contributed by atoms with Crippen LogP contribution in [-0.2, 0) is 0 Å². The highest BCUT2D eigenvalue weighted by Gasteiger charge is 2.13. The second kappa shape index (κ2) is 5.05. The van der Waals surface area contributed by atoms with E-state index in [0.717, 1.165) is 0 Å². The first-order valence-corrected chi connectivity index (χ1v) is 5.08. The van der Waals surface area contributed by atoms with Gasteiger partial charge in [0.05, 0.1) is 17.4 Å². The monoisotopic (exact) mass is 243 g/mol. The van der Waals surface area contributed by atoms with Crippen molar-refractivity contribution in [1.82, 2.24) is 9.97 Å². The molecule has 2 rings (SSSR count). The van der Waals surface area contributed by atoms with E-state index in [9.17, 15) is 9.59 Å². The fourth-order valence-electron chi connectivity index (χ4n) is 1.38. The fraction of sp³-hybridized carbons (Fsp3) is 0. The summed E-state index contributed by atoms with van der Waals surface area (Å²) in [6, 6.07) is 6.15. The minimum atomic E-state index is -1.11. The molecular weight excluding hydrogens is 234 g/mol. The maximum atomic E-state index is 11.8. The van der Waals surface area contributed by atoms with Crippen molar-refractivity contribution in [2.45, 2.75) is 0 Å². The number of aromatic nitrogens is 2. The van der Waals surface area contributed by atoms with Gasteiger partial charge in [-0.15, -0.1) is 0 Å². The number of nitrogens with one attached hydrogen (secondary N) is 1. The van der Waals surface area contributed by atoms with Crippen LogP contribution in [-0.4, -0.2) is 27.0 Å². The van der Waals surface area contributed by atoms with Crippen molar-refractivity contribution < 1.29 is 14.7 Å². The van der Waals surface area contributed by atoms with Crippen LogP contribution in [0.5, 0.6) is 0 Å². The molecule has 1 heterocycles. The van der Waals surface area contributed by atoms with Crippen molar-refractivity contribution in [1.29, 1.82) is 0 Å². The van der Waals surface area contributed by atoms with E-state index in [1.54, 1.807) is 12.1 Å². The number of hydrogen-bond donors (Lipinski definition) is 2. The molecule has 2 N–H and O–H groups in total. The molecule has 0 radical (unpaired) electrons. The maximum absolute atomic E-state index is 11.8. The summed E-state index contributed by atoms with van der Waals surface area (Å²) in [5.74, 6) is -1.61. The topological polar surface area (TPSA) is 92.2 Å². The third kappa shape index (κ3) is 2.49. The van der Waals surface area contributed by atoms with Crippen molar-refractivity contribution in [3.8, 4) is 0 Å². The van der Waals surface area contributed by atoms with Crippen molar-refractivity contribution >= 4 is 17.6 Å². The van der Waals surface area contributed by atoms with Gasteiger partial charge in [0.2, 0.25) is 0 Å². The molecule has 0 aliphatic heterocycles. The van der Waals surface area contributed by atoms with Crippen LogP contribution in [0.15, 0.2) is 42.9 Å². The normalized spacial score (nSPS) is 9.78. The number of carbonyl (C=O) groups excluding carboxylic acids is 1. The molecule has 0 fully saturated rings. The quantitative estimate of drug-likeness (QED) is 0.850. The van der Waals surface area contributed by atoms with Crippen molar-refractivity contribution in [3.05, 3.63) is 54.1 Å². The number of nitrogens with zero attached hydrogens (tertiary/aromatic N) is 2. The highest BCUT2D eigenvalue weighted by atomic mass is 16.4. The number of carboxylic acids is 1. The molecule has 0 atom stereocenters. The molecule has 0 saturated carbocycles. The summed E-state index contributed by atoms with van der Waals surface area (Å²) in [7, 11) is 0. The number of hydrogen-bond acceptors (Lipinski definition) is 4. The van der Waals surface area contributed by atoms with Crippen molar-refractivity contribution in [2.75, 3.05) is 5.32 Å². The molecule has 90 valence electrons. The second-order valence-corrected chi connectivity index (χ2v) is 3.40. The van der Waals surface area contributed by atoms with Crippen LogP contribution in [0.1, 0.15) is 20.8 Å². The predicted molar refractivity (Wildman–Crippen MR) is 63.4 cm³/mol. The smallest absolute Gasteiger partial charge is 0.337 e. The van der Waals surface area contributed by atoms with Crippen LogP contribution in [0.3, 0.4) is 0 Å². The number of para-hydroxylation sites is 1.